The first-order valence-corrected chi connectivity index (χ1v) is 9.49. The first-order chi connectivity index (χ1) is 12.4. The predicted octanol–water partition coefficient (Wildman–Crippen LogP) is 4.08. The van der Waals surface area contributed by atoms with Gasteiger partial charge in [-0.25, -0.2) is 0 Å². The Labute approximate surface area is 152 Å². The molecule has 1 amide bonds. The van der Waals surface area contributed by atoms with Crippen molar-refractivity contribution in [3.05, 3.63) is 34.5 Å². The van der Waals surface area contributed by atoms with Gasteiger partial charge in [0.1, 0.15) is 5.69 Å². The topological polar surface area (TPSA) is 62.7 Å². The van der Waals surface area contributed by atoms with E-state index in [1.807, 2.05) is 13.8 Å². The molecule has 3 aromatic rings. The Balaban J connectivity index is 1.78. The number of nitrogens with one attached hydrogen (secondary N) is 2. The lowest BCUT2D eigenvalue weighted by Gasteiger charge is -2.14. The number of rotatable bonds is 1. The van der Waals surface area contributed by atoms with Crippen LogP contribution in [0.3, 0.4) is 0 Å². The third-order valence-corrected chi connectivity index (χ3v) is 6.25. The van der Waals surface area contributed by atoms with Gasteiger partial charge in [-0.15, -0.1) is 0 Å². The summed E-state index contributed by atoms with van der Waals surface area (Å²) in [5.74, 6) is 0.0749. The fourth-order valence-electron chi connectivity index (χ4n) is 4.61. The number of anilines is 1. The molecule has 0 saturated carbocycles. The van der Waals surface area contributed by atoms with Crippen LogP contribution in [-0.4, -0.2) is 20.7 Å². The van der Waals surface area contributed by atoms with E-state index in [4.69, 9.17) is 5.10 Å². The summed E-state index contributed by atoms with van der Waals surface area (Å²) in [6, 6.07) is 4.31. The summed E-state index contributed by atoms with van der Waals surface area (Å²) in [7, 11) is 0. The van der Waals surface area contributed by atoms with E-state index in [1.54, 1.807) is 0 Å². The van der Waals surface area contributed by atoms with Crippen molar-refractivity contribution < 1.29 is 4.79 Å². The predicted molar refractivity (Wildman–Crippen MR) is 104 cm³/mol. The van der Waals surface area contributed by atoms with Crippen molar-refractivity contribution in [1.29, 1.82) is 0 Å². The number of aromatic nitrogens is 3. The zero-order valence-corrected chi connectivity index (χ0v) is 15.8. The zero-order valence-electron chi connectivity index (χ0n) is 15.8. The lowest BCUT2D eigenvalue weighted by atomic mass is 9.85. The molecule has 5 nitrogen and oxygen atoms in total. The summed E-state index contributed by atoms with van der Waals surface area (Å²) in [5, 5.41) is 9.18. The van der Waals surface area contributed by atoms with E-state index in [0.29, 0.717) is 0 Å². The third-order valence-electron chi connectivity index (χ3n) is 6.25. The van der Waals surface area contributed by atoms with Crippen molar-refractivity contribution in [2.45, 2.75) is 58.9 Å². The molecule has 134 valence electrons. The summed E-state index contributed by atoms with van der Waals surface area (Å²) >= 11 is 0. The maximum Gasteiger partial charge on any atom is 0.234 e. The highest BCUT2D eigenvalue weighted by molar-refractivity contribution is 6.08. The number of amides is 1. The van der Waals surface area contributed by atoms with Gasteiger partial charge in [-0.3, -0.25) is 9.48 Å². The van der Waals surface area contributed by atoms with Gasteiger partial charge in [0.25, 0.3) is 0 Å². The van der Waals surface area contributed by atoms with Crippen LogP contribution in [0.2, 0.25) is 0 Å². The number of nitrogens with zero attached hydrogens (tertiary/aromatic N) is 2. The molecule has 1 aliphatic carbocycles. The van der Waals surface area contributed by atoms with Gasteiger partial charge in [0.15, 0.2) is 0 Å². The van der Waals surface area contributed by atoms with Crippen LogP contribution in [0.4, 0.5) is 5.69 Å². The van der Waals surface area contributed by atoms with Gasteiger partial charge >= 0.3 is 0 Å². The van der Waals surface area contributed by atoms with Crippen LogP contribution in [0.15, 0.2) is 12.1 Å². The molecule has 3 heterocycles. The molecule has 1 aliphatic heterocycles. The molecule has 0 spiro atoms. The smallest absolute Gasteiger partial charge is 0.234 e. The van der Waals surface area contributed by atoms with E-state index in [1.165, 1.54) is 22.2 Å². The molecule has 2 aromatic heterocycles. The van der Waals surface area contributed by atoms with E-state index in [2.05, 4.69) is 41.0 Å². The quantitative estimate of drug-likeness (QED) is 0.696. The number of hydrogen-bond donors (Lipinski definition) is 2. The minimum absolute atomic E-state index is 0.0749. The van der Waals surface area contributed by atoms with E-state index in [9.17, 15) is 4.79 Å². The van der Waals surface area contributed by atoms with E-state index in [-0.39, 0.29) is 5.91 Å². The maximum atomic E-state index is 12.3. The molecule has 1 aromatic carbocycles. The summed E-state index contributed by atoms with van der Waals surface area (Å²) in [4.78, 5) is 15.9. The Morgan fingerprint density at radius 3 is 2.77 bits per heavy atom. The van der Waals surface area contributed by atoms with E-state index in [0.717, 1.165) is 54.0 Å². The molecule has 5 heteroatoms. The summed E-state index contributed by atoms with van der Waals surface area (Å²) in [5.41, 5.74) is 8.90. The SMILES string of the molecule is CCn1nc2c(c1C)CCCc1c-2[nH]c2cc3c(cc12)NC(=O)C3(C)C. The molecule has 2 N–H and O–H groups in total. The fourth-order valence-corrected chi connectivity index (χ4v) is 4.61. The highest BCUT2D eigenvalue weighted by Gasteiger charge is 2.39. The Bertz CT molecular complexity index is 1080. The third kappa shape index (κ3) is 1.86. The van der Waals surface area contributed by atoms with Crippen LogP contribution in [0.1, 0.15) is 49.6 Å². The number of carbonyl (C=O) groups is 1. The van der Waals surface area contributed by atoms with Crippen LogP contribution in [0, 0.1) is 6.92 Å². The van der Waals surface area contributed by atoms with Crippen molar-refractivity contribution in [3.63, 3.8) is 0 Å². The van der Waals surface area contributed by atoms with Crippen LogP contribution in [0.5, 0.6) is 0 Å². The molecule has 0 atom stereocenters. The lowest BCUT2D eigenvalue weighted by Crippen LogP contribution is -2.26. The average Bonchev–Trinajstić information content (AvgIpc) is 3.13. The van der Waals surface area contributed by atoms with Gasteiger partial charge in [-0.1, -0.05) is 0 Å². The summed E-state index contributed by atoms with van der Waals surface area (Å²) in [6.45, 7) is 9.18. The van der Waals surface area contributed by atoms with Gasteiger partial charge in [0.2, 0.25) is 5.91 Å². The van der Waals surface area contributed by atoms with Gasteiger partial charge in [-0.05, 0) is 70.2 Å². The van der Waals surface area contributed by atoms with Gasteiger partial charge in [0.05, 0.1) is 11.1 Å². The van der Waals surface area contributed by atoms with Crippen molar-refractivity contribution in [2.75, 3.05) is 5.32 Å². The monoisotopic (exact) mass is 348 g/mol. The second-order valence-corrected chi connectivity index (χ2v) is 8.08. The minimum Gasteiger partial charge on any atom is -0.353 e. The molecule has 0 saturated heterocycles. The average molecular weight is 348 g/mol. The Hall–Kier alpha value is -2.56. The molecule has 0 fully saturated rings. The van der Waals surface area contributed by atoms with Crippen LogP contribution < -0.4 is 5.32 Å². The maximum absolute atomic E-state index is 12.3. The molecule has 0 bridgehead atoms. The summed E-state index contributed by atoms with van der Waals surface area (Å²) < 4.78 is 2.11. The first kappa shape index (κ1) is 15.7. The number of hydrogen-bond acceptors (Lipinski definition) is 2. The standard InChI is InChI=1S/C21H24N4O/c1-5-25-11(2)12-7-6-8-13-14-9-17-15(21(3,4)20(26)23-17)10-16(14)22-18(13)19(12)24-25/h9-10,22H,5-8H2,1-4H3,(H,23,26). The Morgan fingerprint density at radius 1 is 1.23 bits per heavy atom. The van der Waals surface area contributed by atoms with Gasteiger partial charge in [-0.2, -0.15) is 5.10 Å². The number of carbonyl (C=O) groups excluding carboxylic acids is 1. The number of H-pyrrole nitrogens is 1. The van der Waals surface area contributed by atoms with Crippen molar-refractivity contribution in [1.82, 2.24) is 14.8 Å². The molecule has 26 heavy (non-hydrogen) atoms. The zero-order chi connectivity index (χ0) is 18.2. The van der Waals surface area contributed by atoms with E-state index >= 15 is 0 Å². The molecule has 2 aliphatic rings. The molecular formula is C21H24N4O. The fraction of sp³-hybridized carbons (Fsp3) is 0.429. The first-order valence-electron chi connectivity index (χ1n) is 9.49. The highest BCUT2D eigenvalue weighted by Crippen LogP contribution is 2.43. The Kier molecular flexibility index (Phi) is 3.01. The highest BCUT2D eigenvalue weighted by atomic mass is 16.2. The minimum atomic E-state index is -0.489. The van der Waals surface area contributed by atoms with Crippen molar-refractivity contribution in [2.24, 2.45) is 0 Å². The number of aromatic amines is 1. The largest absolute Gasteiger partial charge is 0.353 e. The van der Waals surface area contributed by atoms with Crippen molar-refractivity contribution in [3.8, 4) is 11.4 Å². The van der Waals surface area contributed by atoms with Crippen molar-refractivity contribution >= 4 is 22.5 Å². The van der Waals surface area contributed by atoms with Crippen LogP contribution in [0.25, 0.3) is 22.3 Å². The number of aryl methyl sites for hydroxylation is 2. The van der Waals surface area contributed by atoms with Crippen LogP contribution in [-0.2, 0) is 29.6 Å². The van der Waals surface area contributed by atoms with Gasteiger partial charge < -0.3 is 10.3 Å². The summed E-state index contributed by atoms with van der Waals surface area (Å²) in [6.07, 6.45) is 3.23. The van der Waals surface area contributed by atoms with Crippen LogP contribution >= 0.6 is 0 Å². The second kappa shape index (κ2) is 5.00. The molecule has 0 radical (unpaired) electrons. The lowest BCUT2D eigenvalue weighted by molar-refractivity contribution is -0.119. The molecule has 5 rings (SSSR count). The van der Waals surface area contributed by atoms with Gasteiger partial charge in [0, 0.05) is 34.4 Å². The molecule has 0 unspecified atom stereocenters. The Morgan fingerprint density at radius 2 is 2.00 bits per heavy atom. The normalized spacial score (nSPS) is 17.6. The van der Waals surface area contributed by atoms with E-state index < -0.39 is 5.41 Å². The number of benzene rings is 1. The molecular weight excluding hydrogens is 324 g/mol. The number of fused-ring (bicyclic) bond motifs is 6. The second-order valence-electron chi connectivity index (χ2n) is 8.08.